The Hall–Kier alpha value is -0.330. The predicted molar refractivity (Wildman–Crippen MR) is 46.5 cm³/mol. The van der Waals surface area contributed by atoms with Crippen molar-refractivity contribution < 1.29 is 17.2 Å². The van der Waals surface area contributed by atoms with Gasteiger partial charge in [0.2, 0.25) is 0 Å². The molecule has 6 heteroatoms. The molecule has 0 aromatic rings. The second-order valence-corrected chi connectivity index (χ2v) is 6.06. The Morgan fingerprint density at radius 2 is 1.91 bits per heavy atom. The first-order valence-electron chi connectivity index (χ1n) is 2.79. The SMILES string of the molecule is C=CS(=O)(O)=CS(=O)(=O)CC. The Labute approximate surface area is 66.7 Å². The Bertz CT molecular complexity index is 343. The maximum Gasteiger partial charge on any atom is 0.181 e. The van der Waals surface area contributed by atoms with Crippen LogP contribution in [0.15, 0.2) is 12.0 Å². The lowest BCUT2D eigenvalue weighted by Crippen LogP contribution is -2.10. The lowest BCUT2D eigenvalue weighted by atomic mass is 11.0. The summed E-state index contributed by atoms with van der Waals surface area (Å²) in [4.78, 5) is 0. The number of hydrogen-bond acceptors (Lipinski definition) is 3. The Morgan fingerprint density at radius 1 is 1.45 bits per heavy atom. The highest BCUT2D eigenvalue weighted by Crippen LogP contribution is 1.91. The van der Waals surface area contributed by atoms with E-state index in [0.717, 1.165) is 0 Å². The van der Waals surface area contributed by atoms with Gasteiger partial charge in [0.05, 0.1) is 5.75 Å². The molecule has 0 aromatic heterocycles. The molecule has 0 aliphatic rings. The van der Waals surface area contributed by atoms with Gasteiger partial charge < -0.3 is 4.55 Å². The Morgan fingerprint density at radius 3 is 2.18 bits per heavy atom. The monoisotopic (exact) mass is 198 g/mol. The van der Waals surface area contributed by atoms with Crippen LogP contribution in [-0.2, 0) is 19.6 Å². The Kier molecular flexibility index (Phi) is 3.28. The van der Waals surface area contributed by atoms with Gasteiger partial charge in [-0.05, 0) is 0 Å². The second kappa shape index (κ2) is 3.38. The average molecular weight is 198 g/mol. The molecule has 4 nitrogen and oxygen atoms in total. The van der Waals surface area contributed by atoms with Gasteiger partial charge in [0, 0.05) is 5.41 Å². The molecular weight excluding hydrogens is 188 g/mol. The van der Waals surface area contributed by atoms with E-state index in [-0.39, 0.29) is 5.75 Å². The maximum atomic E-state index is 10.7. The minimum absolute atomic E-state index is 0.182. The Balaban J connectivity index is 5.18. The van der Waals surface area contributed by atoms with Crippen LogP contribution in [0, 0.1) is 0 Å². The van der Waals surface area contributed by atoms with Crippen molar-refractivity contribution in [2.75, 3.05) is 5.75 Å². The minimum Gasteiger partial charge on any atom is -0.310 e. The summed E-state index contributed by atoms with van der Waals surface area (Å²) in [6.45, 7) is 4.42. The van der Waals surface area contributed by atoms with Gasteiger partial charge in [0.15, 0.2) is 9.84 Å². The summed E-state index contributed by atoms with van der Waals surface area (Å²) in [5.74, 6) is -0.182. The number of rotatable bonds is 3. The normalized spacial score (nSPS) is 16.9. The van der Waals surface area contributed by atoms with Gasteiger partial charge in [-0.1, -0.05) is 13.5 Å². The van der Waals surface area contributed by atoms with Crippen molar-refractivity contribution in [2.24, 2.45) is 0 Å². The standard InChI is InChI=1S/C5H10O4S2/c1-3-10(6,7)5-11(8,9)4-2/h3,5H,1,4H2,2H3,(H,6,7). The van der Waals surface area contributed by atoms with Gasteiger partial charge >= 0.3 is 0 Å². The quantitative estimate of drug-likeness (QED) is 0.652. The highest BCUT2D eigenvalue weighted by molar-refractivity contribution is 8.20. The maximum absolute atomic E-state index is 10.7. The lowest BCUT2D eigenvalue weighted by molar-refractivity contribution is 0.570. The lowest BCUT2D eigenvalue weighted by Gasteiger charge is -1.94. The highest BCUT2D eigenvalue weighted by atomic mass is 32.3. The topological polar surface area (TPSA) is 71.4 Å². The summed E-state index contributed by atoms with van der Waals surface area (Å²) in [5.41, 5.74) is 0. The molecule has 0 rings (SSSR count). The molecule has 1 unspecified atom stereocenters. The van der Waals surface area contributed by atoms with Crippen LogP contribution in [0.3, 0.4) is 0 Å². The van der Waals surface area contributed by atoms with Gasteiger partial charge in [-0.15, -0.1) is 0 Å². The molecule has 0 aliphatic carbocycles. The van der Waals surface area contributed by atoms with E-state index in [0.29, 0.717) is 10.1 Å². The van der Waals surface area contributed by atoms with Crippen LogP contribution in [0.5, 0.6) is 0 Å². The zero-order valence-corrected chi connectivity index (χ0v) is 7.69. The molecule has 1 N–H and O–H groups in total. The summed E-state index contributed by atoms with van der Waals surface area (Å²) >= 11 is 0. The van der Waals surface area contributed by atoms with Crippen LogP contribution in [-0.4, -0.2) is 27.6 Å². The molecule has 66 valence electrons. The van der Waals surface area contributed by atoms with Crippen LogP contribution < -0.4 is 0 Å². The van der Waals surface area contributed by atoms with Crippen molar-refractivity contribution in [1.29, 1.82) is 0 Å². The summed E-state index contributed by atoms with van der Waals surface area (Å²) < 4.78 is 41.4. The first-order chi connectivity index (χ1) is 4.83. The second-order valence-electron chi connectivity index (χ2n) is 1.83. The van der Waals surface area contributed by atoms with E-state index in [1.165, 1.54) is 6.92 Å². The number of sulfone groups is 1. The van der Waals surface area contributed by atoms with Gasteiger partial charge in [0.1, 0.15) is 14.5 Å². The fourth-order valence-corrected chi connectivity index (χ4v) is 2.86. The van der Waals surface area contributed by atoms with Gasteiger partial charge in [-0.3, -0.25) is 0 Å². The first-order valence-corrected chi connectivity index (χ1v) is 6.15. The molecule has 0 amide bonds. The fourth-order valence-electron chi connectivity index (χ4n) is 0.317. The highest BCUT2D eigenvalue weighted by Gasteiger charge is 2.06. The molecule has 11 heavy (non-hydrogen) atoms. The minimum atomic E-state index is -3.51. The molecule has 0 heterocycles. The van der Waals surface area contributed by atoms with E-state index in [1.54, 1.807) is 0 Å². The van der Waals surface area contributed by atoms with Gasteiger partial charge in [-0.2, -0.15) is 0 Å². The van der Waals surface area contributed by atoms with Gasteiger partial charge in [0.25, 0.3) is 0 Å². The predicted octanol–water partition coefficient (Wildman–Crippen LogP) is 0.0817. The van der Waals surface area contributed by atoms with E-state index in [1.807, 2.05) is 0 Å². The smallest absolute Gasteiger partial charge is 0.181 e. The van der Waals surface area contributed by atoms with Crippen molar-refractivity contribution >= 4 is 24.3 Å². The van der Waals surface area contributed by atoms with Crippen molar-refractivity contribution in [2.45, 2.75) is 6.92 Å². The largest absolute Gasteiger partial charge is 0.310 e. The third kappa shape index (κ3) is 4.18. The zero-order chi connectivity index (χ0) is 9.12. The summed E-state index contributed by atoms with van der Waals surface area (Å²) in [6.07, 6.45) is 0. The summed E-state index contributed by atoms with van der Waals surface area (Å²) in [5, 5.41) is 0.709. The molecule has 0 saturated heterocycles. The van der Waals surface area contributed by atoms with Crippen molar-refractivity contribution in [3.8, 4) is 0 Å². The van der Waals surface area contributed by atoms with E-state index in [9.17, 15) is 12.6 Å². The first kappa shape index (κ1) is 10.7. The third-order valence-electron chi connectivity index (χ3n) is 0.926. The van der Waals surface area contributed by atoms with Crippen LogP contribution in [0.25, 0.3) is 0 Å². The van der Waals surface area contributed by atoms with E-state index < -0.39 is 19.6 Å². The van der Waals surface area contributed by atoms with Gasteiger partial charge in [-0.25, -0.2) is 12.6 Å². The number of hydrogen-bond donors (Lipinski definition) is 1. The summed E-state index contributed by atoms with van der Waals surface area (Å²) in [7, 11) is -7.00. The van der Waals surface area contributed by atoms with Crippen LogP contribution in [0.2, 0.25) is 0 Å². The molecule has 0 saturated carbocycles. The molecule has 0 aliphatic heterocycles. The van der Waals surface area contributed by atoms with Crippen LogP contribution >= 0.6 is 0 Å². The molecule has 0 fully saturated rings. The van der Waals surface area contributed by atoms with Crippen molar-refractivity contribution in [3.05, 3.63) is 12.0 Å². The van der Waals surface area contributed by atoms with E-state index >= 15 is 0 Å². The molecule has 1 atom stereocenters. The molecule has 0 aromatic carbocycles. The molecule has 0 spiro atoms. The molecular formula is C5H10O4S2. The summed E-state index contributed by atoms with van der Waals surface area (Å²) in [6, 6.07) is 0. The average Bonchev–Trinajstić information content (AvgIpc) is 1.86. The van der Waals surface area contributed by atoms with Crippen molar-refractivity contribution in [3.63, 3.8) is 0 Å². The van der Waals surface area contributed by atoms with E-state index in [4.69, 9.17) is 4.55 Å². The van der Waals surface area contributed by atoms with Crippen molar-refractivity contribution in [1.82, 2.24) is 0 Å². The van der Waals surface area contributed by atoms with Crippen LogP contribution in [0.4, 0.5) is 0 Å². The van der Waals surface area contributed by atoms with E-state index in [2.05, 4.69) is 6.58 Å². The molecule has 0 bridgehead atoms. The third-order valence-corrected chi connectivity index (χ3v) is 4.48. The fraction of sp³-hybridized carbons (Fsp3) is 0.400. The van der Waals surface area contributed by atoms with Crippen LogP contribution in [0.1, 0.15) is 6.92 Å². The molecule has 0 radical (unpaired) electrons. The zero-order valence-electron chi connectivity index (χ0n) is 6.06.